The molecule has 0 aromatic heterocycles. The van der Waals surface area contributed by atoms with Gasteiger partial charge < -0.3 is 25.4 Å². The van der Waals surface area contributed by atoms with Crippen molar-refractivity contribution < 1.29 is 24.2 Å². The van der Waals surface area contributed by atoms with Crippen LogP contribution in [-0.4, -0.2) is 52.1 Å². The van der Waals surface area contributed by atoms with E-state index in [2.05, 4.69) is 17.6 Å². The molecule has 0 heterocycles. The minimum absolute atomic E-state index is 0.105. The van der Waals surface area contributed by atoms with Crippen LogP contribution in [0.3, 0.4) is 0 Å². The predicted molar refractivity (Wildman–Crippen MR) is 158 cm³/mol. The molecule has 8 heteroatoms. The molecule has 0 saturated heterocycles. The van der Waals surface area contributed by atoms with Gasteiger partial charge in [0.1, 0.15) is 23.4 Å². The van der Waals surface area contributed by atoms with E-state index in [1.807, 2.05) is 45.9 Å². The van der Waals surface area contributed by atoms with Gasteiger partial charge in [0, 0.05) is 19.0 Å². The lowest BCUT2D eigenvalue weighted by molar-refractivity contribution is -0.142. The van der Waals surface area contributed by atoms with Gasteiger partial charge in [0.25, 0.3) is 0 Å². The van der Waals surface area contributed by atoms with Gasteiger partial charge in [-0.3, -0.25) is 9.59 Å². The monoisotopic (exact) mass is 553 g/mol. The number of hydrogen-bond donors (Lipinski definition) is 3. The average molecular weight is 554 g/mol. The molecule has 2 aromatic carbocycles. The minimum atomic E-state index is -0.999. The zero-order chi connectivity index (χ0) is 30.0. The maximum Gasteiger partial charge on any atom is 0.408 e. The molecule has 0 aliphatic rings. The van der Waals surface area contributed by atoms with E-state index in [0.717, 1.165) is 35.1 Å². The van der Waals surface area contributed by atoms with E-state index in [-0.39, 0.29) is 30.0 Å². The maximum absolute atomic E-state index is 14.4. The number of nitrogens with one attached hydrogen (secondary N) is 2. The van der Waals surface area contributed by atoms with E-state index in [9.17, 15) is 19.5 Å². The summed E-state index contributed by atoms with van der Waals surface area (Å²) in [6.07, 6.45) is 1.98. The largest absolute Gasteiger partial charge is 0.508 e. The van der Waals surface area contributed by atoms with Crippen LogP contribution in [0.4, 0.5) is 4.79 Å². The van der Waals surface area contributed by atoms with Crippen LogP contribution < -0.4 is 10.6 Å². The van der Waals surface area contributed by atoms with Gasteiger partial charge in [0.2, 0.25) is 11.8 Å². The van der Waals surface area contributed by atoms with Gasteiger partial charge in [-0.2, -0.15) is 0 Å². The third-order valence-corrected chi connectivity index (χ3v) is 6.36. The van der Waals surface area contributed by atoms with E-state index in [1.165, 1.54) is 12.1 Å². The molecule has 220 valence electrons. The minimum Gasteiger partial charge on any atom is -0.508 e. The summed E-state index contributed by atoms with van der Waals surface area (Å²) < 4.78 is 5.49. The molecule has 0 aliphatic heterocycles. The fraction of sp³-hybridized carbons (Fsp3) is 0.531. The van der Waals surface area contributed by atoms with Crippen molar-refractivity contribution in [3.63, 3.8) is 0 Å². The van der Waals surface area contributed by atoms with Crippen molar-refractivity contribution in [3.05, 3.63) is 64.7 Å². The highest BCUT2D eigenvalue weighted by molar-refractivity contribution is 5.92. The van der Waals surface area contributed by atoms with Crippen molar-refractivity contribution in [1.29, 1.82) is 0 Å². The van der Waals surface area contributed by atoms with Crippen LogP contribution in [0.2, 0.25) is 0 Å². The zero-order valence-corrected chi connectivity index (χ0v) is 25.3. The molecule has 0 bridgehead atoms. The number of benzene rings is 2. The number of rotatable bonds is 12. The predicted octanol–water partition coefficient (Wildman–Crippen LogP) is 5.73. The third kappa shape index (κ3) is 10.2. The zero-order valence-electron chi connectivity index (χ0n) is 25.3. The highest BCUT2D eigenvalue weighted by Gasteiger charge is 2.37. The number of phenols is 1. The summed E-state index contributed by atoms with van der Waals surface area (Å²) in [6.45, 7) is 15.4. The van der Waals surface area contributed by atoms with Crippen LogP contribution in [-0.2, 0) is 20.7 Å². The maximum atomic E-state index is 14.4. The number of ether oxygens (including phenoxy) is 1. The lowest BCUT2D eigenvalue weighted by Gasteiger charge is -2.35. The average Bonchev–Trinajstić information content (AvgIpc) is 2.83. The molecular formula is C32H47N3O5. The second-order valence-corrected chi connectivity index (χ2v) is 11.7. The molecule has 0 radical (unpaired) electrons. The van der Waals surface area contributed by atoms with Gasteiger partial charge >= 0.3 is 6.09 Å². The van der Waals surface area contributed by atoms with E-state index in [1.54, 1.807) is 37.8 Å². The Labute approximate surface area is 239 Å². The first-order chi connectivity index (χ1) is 18.7. The highest BCUT2D eigenvalue weighted by atomic mass is 16.6. The van der Waals surface area contributed by atoms with Crippen LogP contribution in [0.15, 0.2) is 42.5 Å². The van der Waals surface area contributed by atoms with Crippen molar-refractivity contribution in [2.24, 2.45) is 0 Å². The summed E-state index contributed by atoms with van der Waals surface area (Å²) in [5.74, 6) is -0.542. The normalized spacial score (nSPS) is 12.9. The number of phenolic OH excluding ortho intramolecular Hbond substituents is 1. The molecule has 0 aliphatic carbocycles. The fourth-order valence-corrected chi connectivity index (χ4v) is 4.56. The molecule has 40 heavy (non-hydrogen) atoms. The highest BCUT2D eigenvalue weighted by Crippen LogP contribution is 2.28. The number of carbonyl (C=O) groups excluding carboxylic acids is 3. The Hall–Kier alpha value is -3.55. The van der Waals surface area contributed by atoms with E-state index in [4.69, 9.17) is 4.74 Å². The van der Waals surface area contributed by atoms with E-state index >= 15 is 0 Å². The fourth-order valence-electron chi connectivity index (χ4n) is 4.56. The number of amides is 3. The Kier molecular flexibility index (Phi) is 12.0. The topological polar surface area (TPSA) is 108 Å². The lowest BCUT2D eigenvalue weighted by Crippen LogP contribution is -2.54. The van der Waals surface area contributed by atoms with E-state index < -0.39 is 23.8 Å². The van der Waals surface area contributed by atoms with Crippen LogP contribution >= 0.6 is 0 Å². The van der Waals surface area contributed by atoms with Crippen molar-refractivity contribution in [1.82, 2.24) is 15.5 Å². The lowest BCUT2D eigenvalue weighted by atomic mass is 9.95. The third-order valence-electron chi connectivity index (χ3n) is 6.36. The van der Waals surface area contributed by atoms with Gasteiger partial charge in [-0.05, 0) is 83.7 Å². The molecule has 2 aromatic rings. The summed E-state index contributed by atoms with van der Waals surface area (Å²) in [7, 11) is 0. The summed E-state index contributed by atoms with van der Waals surface area (Å²) in [6, 6.07) is 10.4. The molecule has 8 nitrogen and oxygen atoms in total. The van der Waals surface area contributed by atoms with Crippen molar-refractivity contribution in [2.75, 3.05) is 6.54 Å². The van der Waals surface area contributed by atoms with Gasteiger partial charge in [0.05, 0.1) is 0 Å². The quantitative estimate of drug-likeness (QED) is 0.291. The Balaban J connectivity index is 2.60. The second-order valence-electron chi connectivity index (χ2n) is 11.7. The Bertz CT molecular complexity index is 1140. The van der Waals surface area contributed by atoms with Gasteiger partial charge in [-0.25, -0.2) is 4.79 Å². The molecule has 0 spiro atoms. The Morgan fingerprint density at radius 2 is 1.62 bits per heavy atom. The molecule has 0 saturated carbocycles. The second kappa shape index (κ2) is 14.7. The van der Waals surface area contributed by atoms with Crippen molar-refractivity contribution in [3.8, 4) is 5.75 Å². The van der Waals surface area contributed by atoms with Crippen LogP contribution in [0.1, 0.15) is 89.1 Å². The summed E-state index contributed by atoms with van der Waals surface area (Å²) in [4.78, 5) is 42.7. The summed E-state index contributed by atoms with van der Waals surface area (Å²) >= 11 is 0. The van der Waals surface area contributed by atoms with Crippen LogP contribution in [0.25, 0.3) is 0 Å². The number of unbranched alkanes of at least 4 members (excludes halogenated alkanes) is 2. The van der Waals surface area contributed by atoms with Gasteiger partial charge in [-0.1, -0.05) is 55.7 Å². The van der Waals surface area contributed by atoms with Crippen molar-refractivity contribution in [2.45, 2.75) is 105 Å². The summed E-state index contributed by atoms with van der Waals surface area (Å²) in [5, 5.41) is 15.5. The van der Waals surface area contributed by atoms with Crippen molar-refractivity contribution >= 4 is 17.9 Å². The van der Waals surface area contributed by atoms with E-state index in [0.29, 0.717) is 13.0 Å². The first-order valence-corrected chi connectivity index (χ1v) is 14.2. The first kappa shape index (κ1) is 32.7. The number of aromatic hydroxyl groups is 1. The number of hydrogen-bond acceptors (Lipinski definition) is 5. The number of aryl methyl sites for hydroxylation is 2. The summed E-state index contributed by atoms with van der Waals surface area (Å²) in [5.41, 5.74) is 2.71. The first-order valence-electron chi connectivity index (χ1n) is 14.2. The Morgan fingerprint density at radius 3 is 2.17 bits per heavy atom. The molecule has 2 atom stereocenters. The molecule has 2 rings (SSSR count). The smallest absolute Gasteiger partial charge is 0.408 e. The van der Waals surface area contributed by atoms with Crippen LogP contribution in [0, 0.1) is 13.8 Å². The number of carbonyl (C=O) groups is 3. The molecular weight excluding hydrogens is 506 g/mol. The van der Waals surface area contributed by atoms with Gasteiger partial charge in [-0.15, -0.1) is 0 Å². The molecule has 3 N–H and O–H groups in total. The molecule has 0 fully saturated rings. The van der Waals surface area contributed by atoms with Gasteiger partial charge in [0.15, 0.2) is 0 Å². The Morgan fingerprint density at radius 1 is 0.975 bits per heavy atom. The number of nitrogens with zero attached hydrogens (tertiary/aromatic N) is 1. The molecule has 2 unspecified atom stereocenters. The van der Waals surface area contributed by atoms with Crippen LogP contribution in [0.5, 0.6) is 5.75 Å². The SMILES string of the molecule is CCCCCN(C(=O)C(Cc1ccc(O)cc1)NC(=O)OC(C)(C)C)C(C(=O)NC(C)C)c1ccc(C)cc1C. The number of alkyl carbamates (subject to hydrolysis) is 1. The standard InChI is InChI=1S/C32H47N3O5/c1-9-10-11-18-35(28(29(37)33-21(2)3)26-17-12-22(4)19-23(26)5)30(38)27(34-31(39)40-32(6,7)8)20-24-13-15-25(36)16-14-24/h12-17,19,21,27-28,36H,9-11,18,20H2,1-8H3,(H,33,37)(H,34,39). The molecule has 3 amide bonds.